The van der Waals surface area contributed by atoms with Crippen LogP contribution in [0, 0.1) is 0 Å². The van der Waals surface area contributed by atoms with E-state index in [1.54, 1.807) is 17.0 Å². The standard InChI is InChI=1S/C24H42N2O7/c1-2-3-4-5-6-7-8-9-12-18-23(31)26(15-13-25-18)14-10-11-16-32-24-22(30)21(29)20(28)19(17-27)33-24/h13,15,19-22,24,27-30H,2-12,14,16-17H2,1H3/t19-,20-,21+,22-,24-/m1/s1. The van der Waals surface area contributed by atoms with Crippen LogP contribution in [-0.4, -0.2) is 73.9 Å². The van der Waals surface area contributed by atoms with Gasteiger partial charge in [-0.05, 0) is 25.7 Å². The van der Waals surface area contributed by atoms with Crippen LogP contribution in [0.5, 0.6) is 0 Å². The van der Waals surface area contributed by atoms with Gasteiger partial charge in [0.25, 0.3) is 5.56 Å². The Hall–Kier alpha value is -1.36. The van der Waals surface area contributed by atoms with Gasteiger partial charge in [0.05, 0.1) is 6.61 Å². The highest BCUT2D eigenvalue weighted by atomic mass is 16.7. The molecule has 190 valence electrons. The van der Waals surface area contributed by atoms with Crippen LogP contribution in [0.3, 0.4) is 0 Å². The van der Waals surface area contributed by atoms with E-state index >= 15 is 0 Å². The van der Waals surface area contributed by atoms with E-state index in [4.69, 9.17) is 9.47 Å². The zero-order valence-electron chi connectivity index (χ0n) is 19.8. The molecule has 1 aromatic rings. The number of aryl methyl sites for hydroxylation is 2. The molecule has 1 fully saturated rings. The molecule has 0 saturated carbocycles. The highest BCUT2D eigenvalue weighted by molar-refractivity contribution is 4.98. The largest absolute Gasteiger partial charge is 0.394 e. The van der Waals surface area contributed by atoms with E-state index in [2.05, 4.69) is 11.9 Å². The third-order valence-corrected chi connectivity index (χ3v) is 6.18. The van der Waals surface area contributed by atoms with Gasteiger partial charge in [0.1, 0.15) is 30.1 Å². The van der Waals surface area contributed by atoms with Crippen molar-refractivity contribution in [2.24, 2.45) is 0 Å². The van der Waals surface area contributed by atoms with E-state index in [0.717, 1.165) is 12.8 Å². The Balaban J connectivity index is 1.66. The number of aromatic nitrogens is 2. The second kappa shape index (κ2) is 15.5. The summed E-state index contributed by atoms with van der Waals surface area (Å²) in [5.74, 6) is 0. The quantitative estimate of drug-likeness (QED) is 0.267. The van der Waals surface area contributed by atoms with E-state index in [-0.39, 0.29) is 12.2 Å². The molecule has 0 unspecified atom stereocenters. The molecule has 1 saturated heterocycles. The minimum absolute atomic E-state index is 0.0460. The van der Waals surface area contributed by atoms with Gasteiger partial charge in [-0.1, -0.05) is 51.9 Å². The van der Waals surface area contributed by atoms with Crippen molar-refractivity contribution in [1.82, 2.24) is 9.55 Å². The van der Waals surface area contributed by atoms with Crippen molar-refractivity contribution in [2.75, 3.05) is 13.2 Å². The van der Waals surface area contributed by atoms with Crippen molar-refractivity contribution < 1.29 is 29.9 Å². The fourth-order valence-corrected chi connectivity index (χ4v) is 4.06. The first kappa shape index (κ1) is 27.9. The molecule has 9 nitrogen and oxygen atoms in total. The first-order chi connectivity index (χ1) is 16.0. The number of hydrogen-bond acceptors (Lipinski definition) is 8. The first-order valence-corrected chi connectivity index (χ1v) is 12.5. The molecule has 0 radical (unpaired) electrons. The van der Waals surface area contributed by atoms with Gasteiger partial charge in [-0.15, -0.1) is 0 Å². The Labute approximate surface area is 196 Å². The smallest absolute Gasteiger partial charge is 0.272 e. The fourth-order valence-electron chi connectivity index (χ4n) is 4.06. The van der Waals surface area contributed by atoms with Gasteiger partial charge in [-0.3, -0.25) is 9.78 Å². The van der Waals surface area contributed by atoms with E-state index in [1.165, 1.54) is 38.5 Å². The lowest BCUT2D eigenvalue weighted by Gasteiger charge is -2.39. The van der Waals surface area contributed by atoms with Crippen LogP contribution in [0.15, 0.2) is 17.2 Å². The summed E-state index contributed by atoms with van der Waals surface area (Å²) in [6.45, 7) is 2.51. The van der Waals surface area contributed by atoms with Crippen LogP contribution in [0.25, 0.3) is 0 Å². The van der Waals surface area contributed by atoms with Crippen LogP contribution in [-0.2, 0) is 22.4 Å². The molecule has 0 bridgehead atoms. The predicted octanol–water partition coefficient (Wildman–Crippen LogP) is 1.52. The summed E-state index contributed by atoms with van der Waals surface area (Å²) in [6.07, 6.45) is 8.76. The van der Waals surface area contributed by atoms with Crippen LogP contribution in [0.2, 0.25) is 0 Å². The number of nitrogens with zero attached hydrogens (tertiary/aromatic N) is 2. The van der Waals surface area contributed by atoms with Gasteiger partial charge in [0.15, 0.2) is 6.29 Å². The van der Waals surface area contributed by atoms with Gasteiger partial charge in [-0.25, -0.2) is 0 Å². The van der Waals surface area contributed by atoms with Crippen LogP contribution >= 0.6 is 0 Å². The minimum Gasteiger partial charge on any atom is -0.394 e. The third-order valence-electron chi connectivity index (χ3n) is 6.18. The Morgan fingerprint density at radius 1 is 0.970 bits per heavy atom. The molecule has 1 aliphatic rings. The molecule has 9 heteroatoms. The normalized spacial score (nSPS) is 25.4. The molecule has 1 aliphatic heterocycles. The maximum atomic E-state index is 12.6. The molecule has 1 aromatic heterocycles. The molecule has 0 spiro atoms. The summed E-state index contributed by atoms with van der Waals surface area (Å²) >= 11 is 0. The SMILES string of the molecule is CCCCCCCCCCc1nccn(CCCCO[C@@H]2O[C@H](CO)[C@@H](O)[C@H](O)[C@H]2O)c1=O. The monoisotopic (exact) mass is 470 g/mol. The lowest BCUT2D eigenvalue weighted by molar-refractivity contribution is -0.301. The van der Waals surface area contributed by atoms with Crippen LogP contribution in [0.1, 0.15) is 76.8 Å². The molecule has 0 aromatic carbocycles. The summed E-state index contributed by atoms with van der Waals surface area (Å²) < 4.78 is 12.5. The molecule has 4 N–H and O–H groups in total. The zero-order valence-corrected chi connectivity index (χ0v) is 19.8. The number of rotatable bonds is 16. The number of hydrogen-bond donors (Lipinski definition) is 4. The van der Waals surface area contributed by atoms with Gasteiger partial charge in [0, 0.05) is 25.5 Å². The molecule has 2 rings (SSSR count). The van der Waals surface area contributed by atoms with Gasteiger partial charge >= 0.3 is 0 Å². The molecule has 0 amide bonds. The van der Waals surface area contributed by atoms with Gasteiger partial charge in [-0.2, -0.15) is 0 Å². The highest BCUT2D eigenvalue weighted by Gasteiger charge is 2.43. The van der Waals surface area contributed by atoms with Crippen molar-refractivity contribution in [1.29, 1.82) is 0 Å². The lowest BCUT2D eigenvalue weighted by atomic mass is 9.99. The maximum Gasteiger partial charge on any atom is 0.272 e. The summed E-state index contributed by atoms with van der Waals surface area (Å²) in [5.41, 5.74) is 0.566. The van der Waals surface area contributed by atoms with Crippen molar-refractivity contribution in [3.8, 4) is 0 Å². The van der Waals surface area contributed by atoms with E-state index < -0.39 is 37.3 Å². The number of aliphatic hydroxyl groups is 4. The Morgan fingerprint density at radius 2 is 1.67 bits per heavy atom. The first-order valence-electron chi connectivity index (χ1n) is 12.5. The van der Waals surface area contributed by atoms with Crippen molar-refractivity contribution in [3.63, 3.8) is 0 Å². The van der Waals surface area contributed by atoms with E-state index in [0.29, 0.717) is 31.5 Å². The second-order valence-electron chi connectivity index (χ2n) is 8.87. The fraction of sp³-hybridized carbons (Fsp3) is 0.833. The number of unbranched alkanes of at least 4 members (excludes halogenated alkanes) is 8. The topological polar surface area (TPSA) is 134 Å². The Bertz CT molecular complexity index is 712. The molecule has 0 aliphatic carbocycles. The number of ether oxygens (including phenoxy) is 2. The van der Waals surface area contributed by atoms with Crippen molar-refractivity contribution in [3.05, 3.63) is 28.4 Å². The van der Waals surface area contributed by atoms with Gasteiger partial charge < -0.3 is 34.5 Å². The summed E-state index contributed by atoms with van der Waals surface area (Å²) in [6, 6.07) is 0. The Kier molecular flexibility index (Phi) is 13.1. The average molecular weight is 471 g/mol. The third kappa shape index (κ3) is 9.07. The molecule has 33 heavy (non-hydrogen) atoms. The van der Waals surface area contributed by atoms with Gasteiger partial charge in [0.2, 0.25) is 0 Å². The number of aliphatic hydroxyl groups excluding tert-OH is 4. The van der Waals surface area contributed by atoms with Crippen LogP contribution < -0.4 is 5.56 Å². The van der Waals surface area contributed by atoms with Crippen LogP contribution in [0.4, 0.5) is 0 Å². The summed E-state index contributed by atoms with van der Waals surface area (Å²) in [5, 5.41) is 38.8. The predicted molar refractivity (Wildman–Crippen MR) is 124 cm³/mol. The maximum absolute atomic E-state index is 12.6. The molecular formula is C24H42N2O7. The molecular weight excluding hydrogens is 428 g/mol. The summed E-state index contributed by atoms with van der Waals surface area (Å²) in [7, 11) is 0. The summed E-state index contributed by atoms with van der Waals surface area (Å²) in [4.78, 5) is 16.9. The molecule has 5 atom stereocenters. The van der Waals surface area contributed by atoms with Crippen molar-refractivity contribution >= 4 is 0 Å². The zero-order chi connectivity index (χ0) is 24.1. The lowest BCUT2D eigenvalue weighted by Crippen LogP contribution is -2.59. The van der Waals surface area contributed by atoms with Crippen molar-refractivity contribution in [2.45, 2.75) is 115 Å². The average Bonchev–Trinajstić information content (AvgIpc) is 2.82. The minimum atomic E-state index is -1.45. The van der Waals surface area contributed by atoms with E-state index in [1.807, 2.05) is 0 Å². The second-order valence-corrected chi connectivity index (χ2v) is 8.87. The molecule has 2 heterocycles. The highest BCUT2D eigenvalue weighted by Crippen LogP contribution is 2.22. The van der Waals surface area contributed by atoms with E-state index in [9.17, 15) is 25.2 Å². The Morgan fingerprint density at radius 3 is 2.36 bits per heavy atom.